The van der Waals surface area contributed by atoms with Crippen molar-refractivity contribution in [3.8, 4) is 5.75 Å². The fraction of sp³-hybridized carbons (Fsp3) is 0.412. The molecule has 0 N–H and O–H groups in total. The first-order valence-electron chi connectivity index (χ1n) is 7.90. The van der Waals surface area contributed by atoms with Crippen LogP contribution in [0.2, 0.25) is 0 Å². The molecule has 2 aromatic rings. The second-order valence-electron chi connectivity index (χ2n) is 6.00. The molecule has 1 saturated heterocycles. The Labute approximate surface area is 139 Å². The lowest BCUT2D eigenvalue weighted by molar-refractivity contribution is -0.138. The van der Waals surface area contributed by atoms with Crippen molar-refractivity contribution in [2.45, 2.75) is 29.9 Å². The van der Waals surface area contributed by atoms with Gasteiger partial charge in [-0.3, -0.25) is 9.48 Å². The number of hydrogen-bond acceptors (Lipinski definition) is 4. The Hall–Kier alpha value is -1.95. The Bertz CT molecular complexity index is 730. The Morgan fingerprint density at radius 2 is 2.26 bits per heavy atom. The number of rotatable bonds is 2. The van der Waals surface area contributed by atoms with Crippen molar-refractivity contribution in [1.82, 2.24) is 14.7 Å². The summed E-state index contributed by atoms with van der Waals surface area (Å²) in [6.07, 6.45) is 5.49. The molecule has 5 nitrogen and oxygen atoms in total. The third kappa shape index (κ3) is 2.72. The number of fused-ring (bicyclic) bond motifs is 1. The maximum atomic E-state index is 13.0. The van der Waals surface area contributed by atoms with E-state index in [9.17, 15) is 4.79 Å². The summed E-state index contributed by atoms with van der Waals surface area (Å²) in [5.41, 5.74) is 1.11. The van der Waals surface area contributed by atoms with Gasteiger partial charge in [0, 0.05) is 36.0 Å². The minimum atomic E-state index is -0.396. The lowest BCUT2D eigenvalue weighted by Crippen LogP contribution is -2.43. The lowest BCUT2D eigenvalue weighted by Gasteiger charge is -2.31. The molecule has 23 heavy (non-hydrogen) atoms. The summed E-state index contributed by atoms with van der Waals surface area (Å²) in [6, 6.07) is 8.04. The highest BCUT2D eigenvalue weighted by Crippen LogP contribution is 2.37. The van der Waals surface area contributed by atoms with Gasteiger partial charge in [0.2, 0.25) is 0 Å². The number of benzene rings is 1. The quantitative estimate of drug-likeness (QED) is 0.850. The summed E-state index contributed by atoms with van der Waals surface area (Å²) in [7, 11) is 1.91. The Balaban J connectivity index is 1.52. The van der Waals surface area contributed by atoms with Crippen LogP contribution < -0.4 is 4.74 Å². The summed E-state index contributed by atoms with van der Waals surface area (Å²) in [4.78, 5) is 16.0. The molecule has 1 amide bonds. The smallest absolute Gasteiger partial charge is 0.265 e. The number of ether oxygens (including phenoxy) is 1. The van der Waals surface area contributed by atoms with Gasteiger partial charge in [-0.25, -0.2) is 0 Å². The van der Waals surface area contributed by atoms with Crippen molar-refractivity contribution in [2.24, 2.45) is 7.05 Å². The molecule has 0 radical (unpaired) electrons. The van der Waals surface area contributed by atoms with E-state index in [4.69, 9.17) is 4.74 Å². The molecule has 0 aliphatic carbocycles. The highest BCUT2D eigenvalue weighted by Gasteiger charge is 2.37. The predicted octanol–water partition coefficient (Wildman–Crippen LogP) is 2.64. The number of aromatic nitrogens is 2. The molecule has 0 bridgehead atoms. The highest BCUT2D eigenvalue weighted by atomic mass is 32.2. The normalized spacial score (nSPS) is 23.4. The van der Waals surface area contributed by atoms with E-state index >= 15 is 0 Å². The first-order chi connectivity index (χ1) is 11.2. The predicted molar refractivity (Wildman–Crippen MR) is 88.5 cm³/mol. The minimum Gasteiger partial charge on any atom is -0.479 e. The third-order valence-corrected chi connectivity index (χ3v) is 5.55. The van der Waals surface area contributed by atoms with E-state index < -0.39 is 6.10 Å². The maximum absolute atomic E-state index is 13.0. The van der Waals surface area contributed by atoms with Crippen LogP contribution in [0.5, 0.6) is 5.75 Å². The van der Waals surface area contributed by atoms with Gasteiger partial charge in [-0.1, -0.05) is 12.1 Å². The minimum absolute atomic E-state index is 0.0957. The SMILES string of the molecule is Cn1cc([C@H]2CCCN2C(=O)[C@H]2CSc3ccccc3O2)cn1. The number of carbonyl (C=O) groups is 1. The van der Waals surface area contributed by atoms with Crippen molar-refractivity contribution in [2.75, 3.05) is 12.3 Å². The summed E-state index contributed by atoms with van der Waals surface area (Å²) in [6.45, 7) is 0.796. The van der Waals surface area contributed by atoms with Crippen LogP contribution in [0.25, 0.3) is 0 Å². The number of aryl methyl sites for hydroxylation is 1. The molecule has 0 saturated carbocycles. The number of para-hydroxylation sites is 1. The van der Waals surface area contributed by atoms with Gasteiger partial charge in [0.25, 0.3) is 5.91 Å². The standard InChI is InChI=1S/C17H19N3O2S/c1-19-10-12(9-18-19)13-5-4-8-20(13)17(21)15-11-23-16-7-3-2-6-14(16)22-15/h2-3,6-7,9-10,13,15H,4-5,8,11H2,1H3/t13-,15-/m1/s1. The number of nitrogens with zero attached hydrogens (tertiary/aromatic N) is 3. The Kier molecular flexibility index (Phi) is 3.77. The summed E-state index contributed by atoms with van der Waals surface area (Å²) in [5, 5.41) is 4.24. The van der Waals surface area contributed by atoms with Gasteiger partial charge in [0.15, 0.2) is 6.10 Å². The molecule has 4 rings (SSSR count). The van der Waals surface area contributed by atoms with Gasteiger partial charge < -0.3 is 9.64 Å². The molecule has 1 aromatic heterocycles. The molecule has 0 unspecified atom stereocenters. The number of amides is 1. The first-order valence-corrected chi connectivity index (χ1v) is 8.88. The molecular formula is C17H19N3O2S. The number of thioether (sulfide) groups is 1. The second kappa shape index (κ2) is 5.92. The molecule has 2 aliphatic rings. The number of likely N-dealkylation sites (tertiary alicyclic amines) is 1. The fourth-order valence-corrected chi connectivity index (χ4v) is 4.29. The molecule has 6 heteroatoms. The van der Waals surface area contributed by atoms with Crippen LogP contribution in [0.3, 0.4) is 0 Å². The number of hydrogen-bond donors (Lipinski definition) is 0. The third-order valence-electron chi connectivity index (χ3n) is 4.43. The van der Waals surface area contributed by atoms with Crippen LogP contribution in [-0.2, 0) is 11.8 Å². The fourth-order valence-electron chi connectivity index (χ4n) is 3.32. The van der Waals surface area contributed by atoms with E-state index in [2.05, 4.69) is 5.10 Å². The first kappa shape index (κ1) is 14.6. The molecule has 0 spiro atoms. The van der Waals surface area contributed by atoms with Crippen LogP contribution in [0.4, 0.5) is 0 Å². The van der Waals surface area contributed by atoms with Crippen LogP contribution >= 0.6 is 11.8 Å². The highest BCUT2D eigenvalue weighted by molar-refractivity contribution is 7.99. The molecular weight excluding hydrogens is 310 g/mol. The van der Waals surface area contributed by atoms with Crippen molar-refractivity contribution in [3.63, 3.8) is 0 Å². The van der Waals surface area contributed by atoms with E-state index in [1.807, 2.05) is 48.6 Å². The van der Waals surface area contributed by atoms with Crippen molar-refractivity contribution in [3.05, 3.63) is 42.2 Å². The van der Waals surface area contributed by atoms with E-state index in [1.165, 1.54) is 0 Å². The largest absolute Gasteiger partial charge is 0.479 e. The van der Waals surface area contributed by atoms with Gasteiger partial charge in [0.05, 0.1) is 12.2 Å². The maximum Gasteiger partial charge on any atom is 0.265 e. The molecule has 2 aliphatic heterocycles. The van der Waals surface area contributed by atoms with Crippen molar-refractivity contribution >= 4 is 17.7 Å². The van der Waals surface area contributed by atoms with Crippen LogP contribution in [0.1, 0.15) is 24.4 Å². The van der Waals surface area contributed by atoms with Gasteiger partial charge in [-0.05, 0) is 25.0 Å². The van der Waals surface area contributed by atoms with Gasteiger partial charge in [0.1, 0.15) is 5.75 Å². The topological polar surface area (TPSA) is 47.4 Å². The zero-order valence-electron chi connectivity index (χ0n) is 13.0. The van der Waals surface area contributed by atoms with Gasteiger partial charge in [-0.15, -0.1) is 11.8 Å². The van der Waals surface area contributed by atoms with Crippen molar-refractivity contribution < 1.29 is 9.53 Å². The lowest BCUT2D eigenvalue weighted by atomic mass is 10.1. The van der Waals surface area contributed by atoms with E-state index in [0.717, 1.165) is 35.6 Å². The zero-order valence-corrected chi connectivity index (χ0v) is 13.8. The average molecular weight is 329 g/mol. The summed E-state index contributed by atoms with van der Waals surface area (Å²) >= 11 is 1.70. The van der Waals surface area contributed by atoms with Crippen molar-refractivity contribution in [1.29, 1.82) is 0 Å². The Morgan fingerprint density at radius 1 is 1.39 bits per heavy atom. The summed E-state index contributed by atoms with van der Waals surface area (Å²) < 4.78 is 7.75. The zero-order chi connectivity index (χ0) is 15.8. The average Bonchev–Trinajstić information content (AvgIpc) is 3.22. The molecule has 1 aromatic carbocycles. The molecule has 3 heterocycles. The van der Waals surface area contributed by atoms with Gasteiger partial charge >= 0.3 is 0 Å². The Morgan fingerprint density at radius 3 is 3.09 bits per heavy atom. The monoisotopic (exact) mass is 329 g/mol. The molecule has 2 atom stereocenters. The van der Waals surface area contributed by atoms with E-state index in [0.29, 0.717) is 5.75 Å². The van der Waals surface area contributed by atoms with Gasteiger partial charge in [-0.2, -0.15) is 5.10 Å². The molecule has 1 fully saturated rings. The van der Waals surface area contributed by atoms with Crippen LogP contribution in [-0.4, -0.2) is 39.0 Å². The van der Waals surface area contributed by atoms with Crippen LogP contribution in [0, 0.1) is 0 Å². The van der Waals surface area contributed by atoms with Crippen LogP contribution in [0.15, 0.2) is 41.6 Å². The number of carbonyl (C=O) groups excluding carboxylic acids is 1. The summed E-state index contributed by atoms with van der Waals surface area (Å²) in [5.74, 6) is 1.59. The second-order valence-corrected chi connectivity index (χ2v) is 7.06. The van der Waals surface area contributed by atoms with E-state index in [-0.39, 0.29) is 11.9 Å². The molecule has 120 valence electrons. The van der Waals surface area contributed by atoms with E-state index in [1.54, 1.807) is 16.4 Å².